The van der Waals surface area contributed by atoms with Crippen LogP contribution in [0.25, 0.3) is 0 Å². The average molecular weight is 391 g/mol. The zero-order valence-corrected chi connectivity index (χ0v) is 14.8. The first kappa shape index (κ1) is 18.9. The molecular formula is C15H21BrClN3O2. The van der Waals surface area contributed by atoms with Gasteiger partial charge in [-0.15, -0.1) is 12.4 Å². The lowest BCUT2D eigenvalue weighted by molar-refractivity contribution is -0.121. The Morgan fingerprint density at radius 1 is 1.41 bits per heavy atom. The number of amides is 2. The summed E-state index contributed by atoms with van der Waals surface area (Å²) in [5.41, 5.74) is 0.532. The molecule has 122 valence electrons. The van der Waals surface area contributed by atoms with Gasteiger partial charge < -0.3 is 16.0 Å². The minimum atomic E-state index is -0.249. The maximum atomic E-state index is 11.9. The highest BCUT2D eigenvalue weighted by molar-refractivity contribution is 9.10. The van der Waals surface area contributed by atoms with Gasteiger partial charge in [-0.1, -0.05) is 28.9 Å². The summed E-state index contributed by atoms with van der Waals surface area (Å²) < 4.78 is 0.835. The predicted octanol–water partition coefficient (Wildman–Crippen LogP) is 1.71. The first-order valence-corrected chi connectivity index (χ1v) is 7.89. The highest BCUT2D eigenvalue weighted by Gasteiger charge is 2.22. The summed E-state index contributed by atoms with van der Waals surface area (Å²) in [6.45, 7) is 3.90. The predicted molar refractivity (Wildman–Crippen MR) is 92.3 cm³/mol. The number of benzene rings is 1. The Labute approximate surface area is 145 Å². The van der Waals surface area contributed by atoms with Crippen LogP contribution in [0.3, 0.4) is 0 Å². The Balaban J connectivity index is 0.00000242. The maximum Gasteiger partial charge on any atom is 0.251 e. The largest absolute Gasteiger partial charge is 0.350 e. The van der Waals surface area contributed by atoms with Crippen LogP contribution in [0.1, 0.15) is 23.7 Å². The minimum absolute atomic E-state index is 0. The minimum Gasteiger partial charge on any atom is -0.350 e. The van der Waals surface area contributed by atoms with E-state index in [4.69, 9.17) is 0 Å². The molecule has 3 N–H and O–H groups in total. The summed E-state index contributed by atoms with van der Waals surface area (Å²) in [7, 11) is 0. The fourth-order valence-corrected chi connectivity index (χ4v) is 2.73. The quantitative estimate of drug-likeness (QED) is 0.733. The van der Waals surface area contributed by atoms with Crippen molar-refractivity contribution in [1.29, 1.82) is 0 Å². The lowest BCUT2D eigenvalue weighted by Gasteiger charge is -2.30. The second-order valence-electron chi connectivity index (χ2n) is 5.34. The highest BCUT2D eigenvalue weighted by Crippen LogP contribution is 2.12. The van der Waals surface area contributed by atoms with Crippen molar-refractivity contribution >= 4 is 40.2 Å². The second kappa shape index (κ2) is 9.12. The SMILES string of the molecule is CC1CCNCC1NC(=O)CNC(=O)c1cccc(Br)c1.Cl. The molecule has 5 nitrogen and oxygen atoms in total. The third-order valence-electron chi connectivity index (χ3n) is 3.67. The van der Waals surface area contributed by atoms with Gasteiger partial charge in [0.1, 0.15) is 0 Å². The third kappa shape index (κ3) is 5.59. The van der Waals surface area contributed by atoms with Gasteiger partial charge in [-0.05, 0) is 37.1 Å². The summed E-state index contributed by atoms with van der Waals surface area (Å²) in [6, 6.07) is 7.20. The molecular weight excluding hydrogens is 370 g/mol. The average Bonchev–Trinajstić information content (AvgIpc) is 2.47. The molecule has 1 heterocycles. The fourth-order valence-electron chi connectivity index (χ4n) is 2.33. The van der Waals surface area contributed by atoms with Crippen LogP contribution in [0, 0.1) is 5.92 Å². The molecule has 1 saturated heterocycles. The van der Waals surface area contributed by atoms with Gasteiger partial charge in [-0.3, -0.25) is 9.59 Å². The third-order valence-corrected chi connectivity index (χ3v) is 4.16. The van der Waals surface area contributed by atoms with Crippen molar-refractivity contribution in [2.24, 2.45) is 5.92 Å². The number of halogens is 2. The monoisotopic (exact) mass is 389 g/mol. The number of hydrogen-bond acceptors (Lipinski definition) is 3. The smallest absolute Gasteiger partial charge is 0.251 e. The lowest BCUT2D eigenvalue weighted by Crippen LogP contribution is -2.52. The summed E-state index contributed by atoms with van der Waals surface area (Å²) in [5.74, 6) is 0.0520. The van der Waals surface area contributed by atoms with Crippen molar-refractivity contribution in [2.45, 2.75) is 19.4 Å². The van der Waals surface area contributed by atoms with E-state index in [0.717, 1.165) is 24.0 Å². The molecule has 22 heavy (non-hydrogen) atoms. The van der Waals surface area contributed by atoms with Crippen LogP contribution in [0.15, 0.2) is 28.7 Å². The van der Waals surface area contributed by atoms with Gasteiger partial charge in [0.25, 0.3) is 5.91 Å². The first-order valence-electron chi connectivity index (χ1n) is 7.10. The van der Waals surface area contributed by atoms with Gasteiger partial charge in [0.2, 0.25) is 5.91 Å². The van der Waals surface area contributed by atoms with Crippen molar-refractivity contribution in [1.82, 2.24) is 16.0 Å². The van der Waals surface area contributed by atoms with Gasteiger partial charge in [-0.2, -0.15) is 0 Å². The normalized spacial score (nSPS) is 20.6. The van der Waals surface area contributed by atoms with Crippen molar-refractivity contribution in [2.75, 3.05) is 19.6 Å². The second-order valence-corrected chi connectivity index (χ2v) is 6.25. The van der Waals surface area contributed by atoms with Crippen LogP contribution in [0.2, 0.25) is 0 Å². The molecule has 1 aromatic carbocycles. The summed E-state index contributed by atoms with van der Waals surface area (Å²) >= 11 is 3.32. The standard InChI is InChI=1S/C15H20BrN3O2.ClH/c1-10-5-6-17-8-13(10)19-14(20)9-18-15(21)11-3-2-4-12(16)7-11;/h2-4,7,10,13,17H,5-6,8-9H2,1H3,(H,18,21)(H,19,20);1H. The van der Waals surface area contributed by atoms with E-state index in [-0.39, 0.29) is 36.8 Å². The molecule has 2 amide bonds. The van der Waals surface area contributed by atoms with E-state index < -0.39 is 0 Å². The van der Waals surface area contributed by atoms with Crippen LogP contribution in [-0.4, -0.2) is 37.5 Å². The maximum absolute atomic E-state index is 11.9. The van der Waals surface area contributed by atoms with Crippen LogP contribution >= 0.6 is 28.3 Å². The number of hydrogen-bond donors (Lipinski definition) is 3. The molecule has 0 radical (unpaired) electrons. The first-order chi connectivity index (χ1) is 10.1. The van der Waals surface area contributed by atoms with Gasteiger partial charge in [0.15, 0.2) is 0 Å². The summed E-state index contributed by atoms with van der Waals surface area (Å²) in [4.78, 5) is 23.8. The van der Waals surface area contributed by atoms with Gasteiger partial charge in [0, 0.05) is 22.6 Å². The zero-order valence-electron chi connectivity index (χ0n) is 12.4. The Morgan fingerprint density at radius 2 is 2.18 bits per heavy atom. The van der Waals surface area contributed by atoms with E-state index in [1.165, 1.54) is 0 Å². The Hall–Kier alpha value is -1.11. The Bertz CT molecular complexity index is 527. The molecule has 1 aliphatic heterocycles. The molecule has 1 fully saturated rings. The highest BCUT2D eigenvalue weighted by atomic mass is 79.9. The van der Waals surface area contributed by atoms with Gasteiger partial charge >= 0.3 is 0 Å². The van der Waals surface area contributed by atoms with E-state index >= 15 is 0 Å². The summed E-state index contributed by atoms with van der Waals surface area (Å²) in [5, 5.41) is 8.86. The number of carbonyl (C=O) groups excluding carboxylic acids is 2. The van der Waals surface area contributed by atoms with Crippen LogP contribution in [0.5, 0.6) is 0 Å². The van der Waals surface area contributed by atoms with E-state index in [2.05, 4.69) is 38.8 Å². The molecule has 1 aromatic rings. The number of rotatable bonds is 4. The number of piperidine rings is 1. The molecule has 2 rings (SSSR count). The van der Waals surface area contributed by atoms with Crippen LogP contribution < -0.4 is 16.0 Å². The molecule has 0 bridgehead atoms. The fraction of sp³-hybridized carbons (Fsp3) is 0.467. The van der Waals surface area contributed by atoms with Crippen molar-refractivity contribution in [3.05, 3.63) is 34.3 Å². The molecule has 2 atom stereocenters. The summed E-state index contributed by atoms with van der Waals surface area (Å²) in [6.07, 6.45) is 1.05. The molecule has 0 spiro atoms. The van der Waals surface area contributed by atoms with E-state index in [1.54, 1.807) is 18.2 Å². The van der Waals surface area contributed by atoms with Crippen LogP contribution in [0.4, 0.5) is 0 Å². The molecule has 0 saturated carbocycles. The van der Waals surface area contributed by atoms with E-state index in [0.29, 0.717) is 11.5 Å². The number of carbonyl (C=O) groups is 2. The topological polar surface area (TPSA) is 70.2 Å². The molecule has 1 aliphatic rings. The van der Waals surface area contributed by atoms with Crippen molar-refractivity contribution in [3.63, 3.8) is 0 Å². The molecule has 0 aliphatic carbocycles. The van der Waals surface area contributed by atoms with Gasteiger partial charge in [-0.25, -0.2) is 0 Å². The lowest BCUT2D eigenvalue weighted by atomic mass is 9.95. The van der Waals surface area contributed by atoms with Crippen molar-refractivity contribution < 1.29 is 9.59 Å². The van der Waals surface area contributed by atoms with Crippen LogP contribution in [-0.2, 0) is 4.79 Å². The van der Waals surface area contributed by atoms with Crippen molar-refractivity contribution in [3.8, 4) is 0 Å². The van der Waals surface area contributed by atoms with Gasteiger partial charge in [0.05, 0.1) is 6.54 Å². The molecule has 0 aromatic heterocycles. The Morgan fingerprint density at radius 3 is 2.86 bits per heavy atom. The Kier molecular flexibility index (Phi) is 7.85. The molecule has 2 unspecified atom stereocenters. The van der Waals surface area contributed by atoms with E-state index in [9.17, 15) is 9.59 Å². The molecule has 7 heteroatoms. The zero-order chi connectivity index (χ0) is 15.2. The number of nitrogens with one attached hydrogen (secondary N) is 3. The van der Waals surface area contributed by atoms with E-state index in [1.807, 2.05) is 6.07 Å².